The summed E-state index contributed by atoms with van der Waals surface area (Å²) in [7, 11) is 0. The van der Waals surface area contributed by atoms with Crippen LogP contribution in [0.4, 0.5) is 0 Å². The number of rotatable bonds is 5. The third-order valence-corrected chi connectivity index (χ3v) is 0.832. The lowest BCUT2D eigenvalue weighted by molar-refractivity contribution is -0.114. The summed E-state index contributed by atoms with van der Waals surface area (Å²) >= 11 is 0. The van der Waals surface area contributed by atoms with E-state index in [9.17, 15) is 4.79 Å². The SMILES string of the molecule is NCCNCC(O)C=O. The van der Waals surface area contributed by atoms with Gasteiger partial charge in [-0.25, -0.2) is 0 Å². The van der Waals surface area contributed by atoms with E-state index in [0.717, 1.165) is 0 Å². The number of aldehydes is 1. The number of hydrogen-bond acceptors (Lipinski definition) is 4. The van der Waals surface area contributed by atoms with Crippen molar-refractivity contribution >= 4 is 6.29 Å². The second-order valence-corrected chi connectivity index (χ2v) is 1.70. The van der Waals surface area contributed by atoms with Crippen LogP contribution in [0.25, 0.3) is 0 Å². The molecule has 0 aromatic rings. The Morgan fingerprint density at radius 3 is 2.89 bits per heavy atom. The minimum absolute atomic E-state index is 0.292. The molecule has 0 saturated heterocycles. The third kappa shape index (κ3) is 5.42. The topological polar surface area (TPSA) is 75.3 Å². The van der Waals surface area contributed by atoms with Crippen molar-refractivity contribution in [2.75, 3.05) is 19.6 Å². The predicted molar refractivity (Wildman–Crippen MR) is 34.0 cm³/mol. The van der Waals surface area contributed by atoms with Crippen molar-refractivity contribution in [3.05, 3.63) is 0 Å². The first-order valence-electron chi connectivity index (χ1n) is 2.85. The summed E-state index contributed by atoms with van der Waals surface area (Å²) in [6.07, 6.45) is -0.402. The van der Waals surface area contributed by atoms with Gasteiger partial charge in [0.1, 0.15) is 12.4 Å². The van der Waals surface area contributed by atoms with E-state index < -0.39 is 6.10 Å². The van der Waals surface area contributed by atoms with Crippen molar-refractivity contribution in [2.45, 2.75) is 6.10 Å². The first-order valence-corrected chi connectivity index (χ1v) is 2.85. The zero-order chi connectivity index (χ0) is 7.11. The molecule has 4 nitrogen and oxygen atoms in total. The van der Waals surface area contributed by atoms with Crippen molar-refractivity contribution in [1.82, 2.24) is 5.32 Å². The molecule has 1 unspecified atom stereocenters. The molecule has 9 heavy (non-hydrogen) atoms. The Kier molecular flexibility index (Phi) is 5.40. The van der Waals surface area contributed by atoms with Gasteiger partial charge in [-0.05, 0) is 0 Å². The second kappa shape index (κ2) is 5.68. The van der Waals surface area contributed by atoms with Crippen LogP contribution in [0.3, 0.4) is 0 Å². The fraction of sp³-hybridized carbons (Fsp3) is 0.800. The number of hydrogen-bond donors (Lipinski definition) is 3. The highest BCUT2D eigenvalue weighted by molar-refractivity contribution is 5.55. The van der Waals surface area contributed by atoms with Gasteiger partial charge in [0.2, 0.25) is 0 Å². The molecule has 0 radical (unpaired) electrons. The Bertz CT molecular complexity index is 77.4. The van der Waals surface area contributed by atoms with Gasteiger partial charge in [-0.3, -0.25) is 0 Å². The largest absolute Gasteiger partial charge is 0.384 e. The second-order valence-electron chi connectivity index (χ2n) is 1.70. The number of nitrogens with one attached hydrogen (secondary N) is 1. The number of aliphatic hydroxyl groups is 1. The van der Waals surface area contributed by atoms with Gasteiger partial charge in [0.05, 0.1) is 0 Å². The molecule has 0 heterocycles. The van der Waals surface area contributed by atoms with Crippen LogP contribution in [-0.4, -0.2) is 37.1 Å². The van der Waals surface area contributed by atoms with Crippen LogP contribution < -0.4 is 11.1 Å². The van der Waals surface area contributed by atoms with Gasteiger partial charge in [-0.15, -0.1) is 0 Å². The normalized spacial score (nSPS) is 13.1. The number of carbonyl (C=O) groups excluding carboxylic acids is 1. The molecule has 4 N–H and O–H groups in total. The maximum absolute atomic E-state index is 9.78. The number of aliphatic hydroxyl groups excluding tert-OH is 1. The Morgan fingerprint density at radius 2 is 2.44 bits per heavy atom. The summed E-state index contributed by atoms with van der Waals surface area (Å²) in [5.74, 6) is 0. The third-order valence-electron chi connectivity index (χ3n) is 0.832. The molecule has 54 valence electrons. The molecular formula is C5H12N2O2. The van der Waals surface area contributed by atoms with Crippen molar-refractivity contribution in [3.8, 4) is 0 Å². The van der Waals surface area contributed by atoms with Crippen molar-refractivity contribution in [3.63, 3.8) is 0 Å². The molecule has 0 spiro atoms. The molecule has 1 atom stereocenters. The van der Waals surface area contributed by atoms with Crippen LogP contribution >= 0.6 is 0 Å². The van der Waals surface area contributed by atoms with Crippen molar-refractivity contribution in [2.24, 2.45) is 5.73 Å². The smallest absolute Gasteiger partial charge is 0.149 e. The summed E-state index contributed by atoms with van der Waals surface area (Å²) in [5.41, 5.74) is 5.12. The molecule has 0 aliphatic carbocycles. The van der Waals surface area contributed by atoms with Crippen LogP contribution in [-0.2, 0) is 4.79 Å². The molecule has 0 rings (SSSR count). The van der Waals surface area contributed by atoms with E-state index in [1.165, 1.54) is 0 Å². The predicted octanol–water partition coefficient (Wildman–Crippen LogP) is -1.91. The van der Waals surface area contributed by atoms with Gasteiger partial charge < -0.3 is 21.0 Å². The van der Waals surface area contributed by atoms with Gasteiger partial charge in [0, 0.05) is 19.6 Å². The Labute approximate surface area is 54.0 Å². The Hall–Kier alpha value is -0.450. The molecular weight excluding hydrogens is 120 g/mol. The Morgan fingerprint density at radius 1 is 1.78 bits per heavy atom. The zero-order valence-electron chi connectivity index (χ0n) is 5.21. The minimum Gasteiger partial charge on any atom is -0.384 e. The maximum Gasteiger partial charge on any atom is 0.149 e. The van der Waals surface area contributed by atoms with Crippen molar-refractivity contribution < 1.29 is 9.90 Å². The van der Waals surface area contributed by atoms with E-state index in [1.807, 2.05) is 0 Å². The molecule has 0 amide bonds. The van der Waals surface area contributed by atoms with E-state index in [2.05, 4.69) is 5.32 Å². The highest BCUT2D eigenvalue weighted by atomic mass is 16.3. The standard InChI is InChI=1S/C5H12N2O2/c6-1-2-7-3-5(9)4-8/h4-5,7,9H,1-3,6H2. The maximum atomic E-state index is 9.78. The van der Waals surface area contributed by atoms with E-state index >= 15 is 0 Å². The lowest BCUT2D eigenvalue weighted by atomic mass is 10.4. The highest BCUT2D eigenvalue weighted by Crippen LogP contribution is 1.69. The quantitative estimate of drug-likeness (QED) is 0.301. The molecule has 0 aromatic heterocycles. The monoisotopic (exact) mass is 132 g/mol. The van der Waals surface area contributed by atoms with Crippen LogP contribution in [0.15, 0.2) is 0 Å². The Balaban J connectivity index is 2.96. The first-order chi connectivity index (χ1) is 4.31. The number of nitrogens with two attached hydrogens (primary N) is 1. The summed E-state index contributed by atoms with van der Waals surface area (Å²) in [4.78, 5) is 9.78. The lowest BCUT2D eigenvalue weighted by Crippen LogP contribution is -2.31. The van der Waals surface area contributed by atoms with Crippen LogP contribution in [0, 0.1) is 0 Å². The van der Waals surface area contributed by atoms with Crippen LogP contribution in [0.1, 0.15) is 0 Å². The summed E-state index contributed by atoms with van der Waals surface area (Å²) in [6.45, 7) is 1.44. The highest BCUT2D eigenvalue weighted by Gasteiger charge is 1.97. The van der Waals surface area contributed by atoms with Crippen LogP contribution in [0.5, 0.6) is 0 Å². The van der Waals surface area contributed by atoms with Gasteiger partial charge in [-0.1, -0.05) is 0 Å². The van der Waals surface area contributed by atoms with Gasteiger partial charge in [-0.2, -0.15) is 0 Å². The van der Waals surface area contributed by atoms with Gasteiger partial charge >= 0.3 is 0 Å². The van der Waals surface area contributed by atoms with Crippen molar-refractivity contribution in [1.29, 1.82) is 0 Å². The summed E-state index contributed by atoms with van der Waals surface area (Å²) < 4.78 is 0. The van der Waals surface area contributed by atoms with Gasteiger partial charge in [0.15, 0.2) is 0 Å². The lowest BCUT2D eigenvalue weighted by Gasteiger charge is -2.02. The van der Waals surface area contributed by atoms with E-state index in [0.29, 0.717) is 25.9 Å². The molecule has 0 aliphatic rings. The minimum atomic E-state index is -0.892. The molecule has 0 saturated carbocycles. The first kappa shape index (κ1) is 8.55. The molecule has 0 bridgehead atoms. The fourth-order valence-electron chi connectivity index (χ4n) is 0.400. The molecule has 0 aliphatic heterocycles. The molecule has 0 aromatic carbocycles. The van der Waals surface area contributed by atoms with E-state index in [4.69, 9.17) is 10.8 Å². The average molecular weight is 132 g/mol. The average Bonchev–Trinajstić information content (AvgIpc) is 1.89. The molecule has 4 heteroatoms. The molecule has 0 fully saturated rings. The van der Waals surface area contributed by atoms with Crippen LogP contribution in [0.2, 0.25) is 0 Å². The van der Waals surface area contributed by atoms with E-state index in [1.54, 1.807) is 0 Å². The number of carbonyl (C=O) groups is 1. The fourth-order valence-corrected chi connectivity index (χ4v) is 0.400. The van der Waals surface area contributed by atoms with E-state index in [-0.39, 0.29) is 0 Å². The zero-order valence-corrected chi connectivity index (χ0v) is 5.21. The summed E-state index contributed by atoms with van der Waals surface area (Å²) in [6, 6.07) is 0. The van der Waals surface area contributed by atoms with Gasteiger partial charge in [0.25, 0.3) is 0 Å². The summed E-state index contributed by atoms with van der Waals surface area (Å²) in [5, 5.41) is 11.4.